The number of hydrogen-bond donors (Lipinski definition) is 1. The molecule has 1 N–H and O–H groups in total. The quantitative estimate of drug-likeness (QED) is 0.854. The molecule has 0 radical (unpaired) electrons. The summed E-state index contributed by atoms with van der Waals surface area (Å²) in [4.78, 5) is 35.3. The highest BCUT2D eigenvalue weighted by atomic mass is 35.5. The molecule has 100 valence electrons. The maximum absolute atomic E-state index is 11.6. The molecule has 1 heterocycles. The lowest BCUT2D eigenvalue weighted by Crippen LogP contribution is -2.28. The fraction of sp³-hybridized carbons (Fsp3) is 0.250. The molecule has 19 heavy (non-hydrogen) atoms. The Hall–Kier alpha value is -1.59. The van der Waals surface area contributed by atoms with E-state index in [0.29, 0.717) is 5.69 Å². The summed E-state index contributed by atoms with van der Waals surface area (Å²) in [5.41, 5.74) is 0.579. The second kappa shape index (κ2) is 5.19. The molecule has 3 amide bonds. The van der Waals surface area contributed by atoms with Gasteiger partial charge in [-0.05, 0) is 12.1 Å². The van der Waals surface area contributed by atoms with Crippen molar-refractivity contribution in [1.29, 1.82) is 0 Å². The number of nitrogens with one attached hydrogen (secondary N) is 1. The smallest absolute Gasteiger partial charge is 0.234 e. The summed E-state index contributed by atoms with van der Waals surface area (Å²) in [6, 6.07) is 2.86. The highest BCUT2D eigenvalue weighted by molar-refractivity contribution is 6.40. The molecule has 0 bridgehead atoms. The first-order valence-electron chi connectivity index (χ1n) is 5.52. The predicted octanol–water partition coefficient (Wildman–Crippen LogP) is 2.61. The lowest BCUT2D eigenvalue weighted by Gasteiger charge is -2.16. The van der Waals surface area contributed by atoms with E-state index in [1.807, 2.05) is 0 Å². The average Bonchev–Trinajstić information content (AvgIpc) is 2.63. The first-order chi connectivity index (χ1) is 8.90. The van der Waals surface area contributed by atoms with Crippen molar-refractivity contribution in [3.63, 3.8) is 0 Å². The molecule has 7 heteroatoms. The van der Waals surface area contributed by atoms with Crippen LogP contribution in [0, 0.1) is 0 Å². The van der Waals surface area contributed by atoms with Crippen LogP contribution >= 0.6 is 23.2 Å². The maximum Gasteiger partial charge on any atom is 0.234 e. The van der Waals surface area contributed by atoms with Crippen molar-refractivity contribution < 1.29 is 14.4 Å². The van der Waals surface area contributed by atoms with Crippen LogP contribution in [0.15, 0.2) is 12.1 Å². The molecule has 1 fully saturated rings. The van der Waals surface area contributed by atoms with Crippen LogP contribution in [0.1, 0.15) is 19.8 Å². The predicted molar refractivity (Wildman–Crippen MR) is 72.5 cm³/mol. The minimum atomic E-state index is -0.315. The van der Waals surface area contributed by atoms with Crippen molar-refractivity contribution in [2.45, 2.75) is 19.8 Å². The van der Waals surface area contributed by atoms with E-state index in [1.165, 1.54) is 19.1 Å². The number of hydrogen-bond acceptors (Lipinski definition) is 3. The van der Waals surface area contributed by atoms with E-state index in [9.17, 15) is 14.4 Å². The van der Waals surface area contributed by atoms with Gasteiger partial charge in [-0.3, -0.25) is 19.3 Å². The molecule has 5 nitrogen and oxygen atoms in total. The van der Waals surface area contributed by atoms with E-state index in [2.05, 4.69) is 5.32 Å². The molecule has 0 saturated carbocycles. The molecule has 2 rings (SSSR count). The fourth-order valence-electron chi connectivity index (χ4n) is 1.85. The average molecular weight is 301 g/mol. The summed E-state index contributed by atoms with van der Waals surface area (Å²) in [6.45, 7) is 1.33. The van der Waals surface area contributed by atoms with Gasteiger partial charge in [0.1, 0.15) is 0 Å². The van der Waals surface area contributed by atoms with Crippen molar-refractivity contribution in [3.05, 3.63) is 22.2 Å². The molecule has 1 aliphatic heterocycles. The number of rotatable bonds is 2. The van der Waals surface area contributed by atoms with Crippen LogP contribution in [-0.2, 0) is 14.4 Å². The molecule has 1 aromatic carbocycles. The third-order valence-corrected chi connectivity index (χ3v) is 3.23. The van der Waals surface area contributed by atoms with Crippen molar-refractivity contribution in [1.82, 2.24) is 0 Å². The van der Waals surface area contributed by atoms with Gasteiger partial charge in [-0.2, -0.15) is 0 Å². The zero-order chi connectivity index (χ0) is 14.2. The van der Waals surface area contributed by atoms with Gasteiger partial charge in [0.15, 0.2) is 0 Å². The zero-order valence-corrected chi connectivity index (χ0v) is 11.5. The molecule has 1 saturated heterocycles. The van der Waals surface area contributed by atoms with Crippen molar-refractivity contribution in [3.8, 4) is 0 Å². The minimum absolute atomic E-state index is 0.171. The van der Waals surface area contributed by atoms with E-state index in [1.54, 1.807) is 0 Å². The number of halogens is 2. The van der Waals surface area contributed by atoms with Gasteiger partial charge >= 0.3 is 0 Å². The largest absolute Gasteiger partial charge is 0.324 e. The van der Waals surface area contributed by atoms with Crippen molar-refractivity contribution in [2.75, 3.05) is 10.2 Å². The first-order valence-corrected chi connectivity index (χ1v) is 6.28. The lowest BCUT2D eigenvalue weighted by atomic mass is 10.2. The first kappa shape index (κ1) is 13.8. The van der Waals surface area contributed by atoms with E-state index >= 15 is 0 Å². The SMILES string of the molecule is CC(=O)Nc1c(Cl)cc(N2C(=O)CCC2=O)cc1Cl. The molecule has 1 aromatic rings. The standard InChI is InChI=1S/C12H10Cl2N2O3/c1-6(17)15-12-8(13)4-7(5-9(12)14)16-10(18)2-3-11(16)19/h4-5H,2-3H2,1H3,(H,15,17). The van der Waals surface area contributed by atoms with Crippen LogP contribution in [0.4, 0.5) is 11.4 Å². The number of nitrogens with zero attached hydrogens (tertiary/aromatic N) is 1. The Bertz CT molecular complexity index is 547. The van der Waals surface area contributed by atoms with Gasteiger partial charge in [-0.15, -0.1) is 0 Å². The Morgan fingerprint density at radius 2 is 1.63 bits per heavy atom. The molecule has 0 spiro atoms. The van der Waals surface area contributed by atoms with Gasteiger partial charge in [0, 0.05) is 19.8 Å². The summed E-state index contributed by atoms with van der Waals surface area (Å²) in [5.74, 6) is -0.890. The molecular formula is C12H10Cl2N2O3. The Kier molecular flexibility index (Phi) is 3.78. The van der Waals surface area contributed by atoms with Crippen LogP contribution in [0.3, 0.4) is 0 Å². The summed E-state index contributed by atoms with van der Waals surface area (Å²) in [7, 11) is 0. The number of benzene rings is 1. The molecule has 0 atom stereocenters. The minimum Gasteiger partial charge on any atom is -0.324 e. The summed E-state index contributed by atoms with van der Waals surface area (Å²) in [5, 5.41) is 2.83. The van der Waals surface area contributed by atoms with Crippen LogP contribution in [0.2, 0.25) is 10.0 Å². The van der Waals surface area contributed by atoms with Crippen LogP contribution in [-0.4, -0.2) is 17.7 Å². The van der Waals surface area contributed by atoms with E-state index in [0.717, 1.165) is 4.90 Å². The Balaban J connectivity index is 2.42. The van der Waals surface area contributed by atoms with Crippen LogP contribution < -0.4 is 10.2 Å². The van der Waals surface area contributed by atoms with E-state index in [-0.39, 0.29) is 46.3 Å². The lowest BCUT2D eigenvalue weighted by molar-refractivity contribution is -0.121. The highest BCUT2D eigenvalue weighted by Crippen LogP contribution is 2.36. The summed E-state index contributed by atoms with van der Waals surface area (Å²) in [6.07, 6.45) is 0.364. The van der Waals surface area contributed by atoms with Gasteiger partial charge in [0.05, 0.1) is 21.4 Å². The Morgan fingerprint density at radius 1 is 1.16 bits per heavy atom. The highest BCUT2D eigenvalue weighted by Gasteiger charge is 2.31. The van der Waals surface area contributed by atoms with Gasteiger partial charge in [0.25, 0.3) is 0 Å². The monoisotopic (exact) mass is 300 g/mol. The Labute approximate surface area is 119 Å². The number of amides is 3. The van der Waals surface area contributed by atoms with E-state index in [4.69, 9.17) is 23.2 Å². The second-order valence-corrected chi connectivity index (χ2v) is 4.90. The number of carbonyl (C=O) groups excluding carboxylic acids is 3. The molecule has 0 unspecified atom stereocenters. The van der Waals surface area contributed by atoms with Gasteiger partial charge in [0.2, 0.25) is 17.7 Å². The van der Waals surface area contributed by atoms with E-state index < -0.39 is 0 Å². The molecule has 0 aromatic heterocycles. The molecule has 0 aliphatic carbocycles. The third kappa shape index (κ3) is 2.72. The zero-order valence-electron chi connectivity index (χ0n) is 10.00. The van der Waals surface area contributed by atoms with Crippen molar-refractivity contribution >= 4 is 52.3 Å². The third-order valence-electron chi connectivity index (χ3n) is 2.64. The Morgan fingerprint density at radius 3 is 2.05 bits per heavy atom. The molecule has 1 aliphatic rings. The van der Waals surface area contributed by atoms with Crippen LogP contribution in [0.25, 0.3) is 0 Å². The molecular weight excluding hydrogens is 291 g/mol. The summed E-state index contributed by atoms with van der Waals surface area (Å²) < 4.78 is 0. The van der Waals surface area contributed by atoms with Gasteiger partial charge < -0.3 is 5.32 Å². The van der Waals surface area contributed by atoms with Crippen molar-refractivity contribution in [2.24, 2.45) is 0 Å². The number of anilines is 2. The summed E-state index contributed by atoms with van der Waals surface area (Å²) >= 11 is 12.0. The number of imide groups is 1. The topological polar surface area (TPSA) is 66.5 Å². The van der Waals surface area contributed by atoms with Crippen LogP contribution in [0.5, 0.6) is 0 Å². The fourth-order valence-corrected chi connectivity index (χ4v) is 2.42. The van der Waals surface area contributed by atoms with Gasteiger partial charge in [-0.1, -0.05) is 23.2 Å². The normalized spacial score (nSPS) is 15.0. The number of carbonyl (C=O) groups is 3. The van der Waals surface area contributed by atoms with Gasteiger partial charge in [-0.25, -0.2) is 0 Å². The maximum atomic E-state index is 11.6. The second-order valence-electron chi connectivity index (χ2n) is 4.09.